The van der Waals surface area contributed by atoms with E-state index < -0.39 is 0 Å². The molecule has 2 rings (SSSR count). The van der Waals surface area contributed by atoms with E-state index in [2.05, 4.69) is 9.55 Å². The lowest BCUT2D eigenvalue weighted by Gasteiger charge is -2.14. The van der Waals surface area contributed by atoms with Gasteiger partial charge in [-0.25, -0.2) is 4.98 Å². The van der Waals surface area contributed by atoms with Gasteiger partial charge in [0.2, 0.25) is 0 Å². The molecule has 0 radical (unpaired) electrons. The standard InChI is InChI=1S/C10H14N2O/c13-10-4-2-1-3-9(7-10)12-6-5-11-8-12/h5-6,8-9H,1-4,7H2. The van der Waals surface area contributed by atoms with E-state index in [1.54, 1.807) is 6.20 Å². The first-order valence-electron chi connectivity index (χ1n) is 4.85. The lowest BCUT2D eigenvalue weighted by Crippen LogP contribution is -2.09. The highest BCUT2D eigenvalue weighted by Gasteiger charge is 2.18. The van der Waals surface area contributed by atoms with Crippen molar-refractivity contribution in [3.05, 3.63) is 18.7 Å². The van der Waals surface area contributed by atoms with Crippen molar-refractivity contribution in [3.63, 3.8) is 0 Å². The van der Waals surface area contributed by atoms with E-state index in [9.17, 15) is 4.79 Å². The molecule has 0 bridgehead atoms. The summed E-state index contributed by atoms with van der Waals surface area (Å²) in [6, 6.07) is 0.359. The molecule has 0 saturated heterocycles. The molecule has 0 N–H and O–H groups in total. The van der Waals surface area contributed by atoms with Crippen LogP contribution in [-0.4, -0.2) is 15.3 Å². The van der Waals surface area contributed by atoms with E-state index in [1.807, 2.05) is 12.5 Å². The summed E-state index contributed by atoms with van der Waals surface area (Å²) >= 11 is 0. The zero-order chi connectivity index (χ0) is 9.10. The summed E-state index contributed by atoms with van der Waals surface area (Å²) in [6.45, 7) is 0. The summed E-state index contributed by atoms with van der Waals surface area (Å²) in [7, 11) is 0. The molecule has 1 unspecified atom stereocenters. The van der Waals surface area contributed by atoms with Crippen molar-refractivity contribution in [1.82, 2.24) is 9.55 Å². The second-order valence-corrected chi connectivity index (χ2v) is 3.65. The Balaban J connectivity index is 2.09. The van der Waals surface area contributed by atoms with Crippen molar-refractivity contribution in [1.29, 1.82) is 0 Å². The number of carbonyl (C=O) groups excluding carboxylic acids is 1. The Labute approximate surface area is 77.8 Å². The fourth-order valence-corrected chi connectivity index (χ4v) is 1.91. The maximum atomic E-state index is 11.4. The first-order chi connectivity index (χ1) is 6.36. The van der Waals surface area contributed by atoms with E-state index in [4.69, 9.17) is 0 Å². The fraction of sp³-hybridized carbons (Fsp3) is 0.600. The molecule has 70 valence electrons. The van der Waals surface area contributed by atoms with Crippen LogP contribution < -0.4 is 0 Å². The van der Waals surface area contributed by atoms with Gasteiger partial charge in [-0.05, 0) is 12.8 Å². The molecule has 1 aliphatic carbocycles. The zero-order valence-corrected chi connectivity index (χ0v) is 7.65. The predicted octanol–water partition coefficient (Wildman–Crippen LogP) is 1.96. The number of carbonyl (C=O) groups is 1. The number of rotatable bonds is 1. The normalized spacial score (nSPS) is 24.3. The molecule has 3 heteroatoms. The molecule has 0 aromatic carbocycles. The minimum Gasteiger partial charge on any atom is -0.334 e. The minimum absolute atomic E-state index is 0.359. The molecule has 3 nitrogen and oxygen atoms in total. The smallest absolute Gasteiger partial charge is 0.134 e. The van der Waals surface area contributed by atoms with Gasteiger partial charge in [0.25, 0.3) is 0 Å². The number of hydrogen-bond acceptors (Lipinski definition) is 2. The summed E-state index contributed by atoms with van der Waals surface area (Å²) in [5, 5.41) is 0. The summed E-state index contributed by atoms with van der Waals surface area (Å²) in [5.41, 5.74) is 0. The van der Waals surface area contributed by atoms with E-state index in [0.29, 0.717) is 18.2 Å². The largest absolute Gasteiger partial charge is 0.334 e. The quantitative estimate of drug-likeness (QED) is 0.616. The topological polar surface area (TPSA) is 34.9 Å². The summed E-state index contributed by atoms with van der Waals surface area (Å²) < 4.78 is 2.06. The van der Waals surface area contributed by atoms with Crippen LogP contribution in [0.2, 0.25) is 0 Å². The van der Waals surface area contributed by atoms with Crippen LogP contribution in [0.4, 0.5) is 0 Å². The Kier molecular flexibility index (Phi) is 2.43. The number of hydrogen-bond donors (Lipinski definition) is 0. The molecule has 1 aliphatic rings. The maximum absolute atomic E-state index is 11.4. The maximum Gasteiger partial charge on any atom is 0.134 e. The second-order valence-electron chi connectivity index (χ2n) is 3.65. The van der Waals surface area contributed by atoms with Crippen molar-refractivity contribution in [2.24, 2.45) is 0 Å². The van der Waals surface area contributed by atoms with Gasteiger partial charge >= 0.3 is 0 Å². The molecule has 1 saturated carbocycles. The van der Waals surface area contributed by atoms with Crippen molar-refractivity contribution in [2.75, 3.05) is 0 Å². The Morgan fingerprint density at radius 3 is 3.15 bits per heavy atom. The Morgan fingerprint density at radius 1 is 1.46 bits per heavy atom. The number of imidazole rings is 1. The zero-order valence-electron chi connectivity index (χ0n) is 7.65. The third-order valence-corrected chi connectivity index (χ3v) is 2.65. The van der Waals surface area contributed by atoms with Gasteiger partial charge in [-0.1, -0.05) is 6.42 Å². The SMILES string of the molecule is O=C1CCCCC(n2ccnc2)C1. The van der Waals surface area contributed by atoms with Crippen molar-refractivity contribution >= 4 is 5.78 Å². The van der Waals surface area contributed by atoms with Crippen LogP contribution in [0.5, 0.6) is 0 Å². The highest BCUT2D eigenvalue weighted by molar-refractivity contribution is 5.79. The number of nitrogens with zero attached hydrogens (tertiary/aromatic N) is 2. The molecule has 1 aromatic heterocycles. The lowest BCUT2D eigenvalue weighted by atomic mass is 10.1. The molecule has 1 atom stereocenters. The Morgan fingerprint density at radius 2 is 2.38 bits per heavy atom. The molecule has 1 fully saturated rings. The van der Waals surface area contributed by atoms with Gasteiger partial charge in [0.05, 0.1) is 6.33 Å². The molecule has 0 aliphatic heterocycles. The van der Waals surface area contributed by atoms with Crippen molar-refractivity contribution in [3.8, 4) is 0 Å². The monoisotopic (exact) mass is 178 g/mol. The van der Waals surface area contributed by atoms with Crippen LogP contribution in [0.1, 0.15) is 38.1 Å². The van der Waals surface area contributed by atoms with E-state index in [0.717, 1.165) is 25.7 Å². The van der Waals surface area contributed by atoms with E-state index >= 15 is 0 Å². The van der Waals surface area contributed by atoms with Crippen molar-refractivity contribution < 1.29 is 4.79 Å². The van der Waals surface area contributed by atoms with Crippen LogP contribution in [0.25, 0.3) is 0 Å². The molecular weight excluding hydrogens is 164 g/mol. The van der Waals surface area contributed by atoms with Gasteiger partial charge in [-0.2, -0.15) is 0 Å². The van der Waals surface area contributed by atoms with Gasteiger partial charge in [0.15, 0.2) is 0 Å². The average Bonchev–Trinajstić information content (AvgIpc) is 2.56. The number of Topliss-reactive ketones (excluding diaryl/α,β-unsaturated/α-hetero) is 1. The second kappa shape index (κ2) is 3.73. The predicted molar refractivity (Wildman–Crippen MR) is 49.4 cm³/mol. The van der Waals surface area contributed by atoms with Gasteiger partial charge in [0.1, 0.15) is 5.78 Å². The lowest BCUT2D eigenvalue weighted by molar-refractivity contribution is -0.119. The highest BCUT2D eigenvalue weighted by atomic mass is 16.1. The van der Waals surface area contributed by atoms with Crippen molar-refractivity contribution in [2.45, 2.75) is 38.1 Å². The average molecular weight is 178 g/mol. The number of ketones is 1. The molecule has 0 spiro atoms. The van der Waals surface area contributed by atoms with Gasteiger partial charge < -0.3 is 4.57 Å². The summed E-state index contributed by atoms with van der Waals surface area (Å²) in [5.74, 6) is 0.399. The molecular formula is C10H14N2O. The van der Waals surface area contributed by atoms with E-state index in [1.165, 1.54) is 0 Å². The minimum atomic E-state index is 0.359. The highest BCUT2D eigenvalue weighted by Crippen LogP contribution is 2.24. The third kappa shape index (κ3) is 1.97. The molecule has 1 aromatic rings. The van der Waals surface area contributed by atoms with Gasteiger partial charge in [-0.15, -0.1) is 0 Å². The van der Waals surface area contributed by atoms with Crippen LogP contribution >= 0.6 is 0 Å². The van der Waals surface area contributed by atoms with Gasteiger partial charge in [0, 0.05) is 31.3 Å². The van der Waals surface area contributed by atoms with Crippen LogP contribution in [-0.2, 0) is 4.79 Å². The first kappa shape index (κ1) is 8.48. The van der Waals surface area contributed by atoms with Crippen LogP contribution in [0.3, 0.4) is 0 Å². The Hall–Kier alpha value is -1.12. The van der Waals surface area contributed by atoms with Gasteiger partial charge in [-0.3, -0.25) is 4.79 Å². The number of aromatic nitrogens is 2. The fourth-order valence-electron chi connectivity index (χ4n) is 1.91. The molecule has 13 heavy (non-hydrogen) atoms. The van der Waals surface area contributed by atoms with E-state index in [-0.39, 0.29) is 0 Å². The first-order valence-corrected chi connectivity index (χ1v) is 4.85. The third-order valence-electron chi connectivity index (χ3n) is 2.65. The summed E-state index contributed by atoms with van der Waals surface area (Å²) in [6.07, 6.45) is 10.3. The Bertz CT molecular complexity index is 279. The van der Waals surface area contributed by atoms with Crippen LogP contribution in [0.15, 0.2) is 18.7 Å². The summed E-state index contributed by atoms with van der Waals surface area (Å²) in [4.78, 5) is 15.4. The molecule has 1 heterocycles. The molecule has 0 amide bonds. The van der Waals surface area contributed by atoms with Crippen LogP contribution in [0, 0.1) is 0 Å².